The lowest BCUT2D eigenvalue weighted by Crippen LogP contribution is -2.15. The highest BCUT2D eigenvalue weighted by Crippen LogP contribution is 2.23. The maximum atomic E-state index is 6.20. The van der Waals surface area contributed by atoms with Crippen molar-refractivity contribution in [3.8, 4) is 0 Å². The molecule has 114 valence electrons. The lowest BCUT2D eigenvalue weighted by molar-refractivity contribution is 0.513. The Labute approximate surface area is 129 Å². The molecule has 1 atom stereocenters. The maximum Gasteiger partial charge on any atom is 0.0470 e. The lowest BCUT2D eigenvalue weighted by Gasteiger charge is -2.19. The van der Waals surface area contributed by atoms with Crippen molar-refractivity contribution >= 4 is 0 Å². The first-order chi connectivity index (χ1) is 9.77. The van der Waals surface area contributed by atoms with Crippen LogP contribution in [0.25, 0.3) is 0 Å². The summed E-state index contributed by atoms with van der Waals surface area (Å²) in [4.78, 5) is 0. The summed E-state index contributed by atoms with van der Waals surface area (Å²) >= 11 is 0. The maximum absolute atomic E-state index is 6.20. The summed E-state index contributed by atoms with van der Waals surface area (Å²) in [6.07, 6.45) is 4.29. The topological polar surface area (TPSA) is 30.9 Å². The molecule has 0 spiro atoms. The number of nitrogens with zero attached hydrogens (tertiary/aromatic N) is 1. The van der Waals surface area contributed by atoms with Gasteiger partial charge in [-0.3, -0.25) is 0 Å². The van der Waals surface area contributed by atoms with Crippen LogP contribution in [0.1, 0.15) is 57.4 Å². The highest BCUT2D eigenvalue weighted by molar-refractivity contribution is 5.28. The molecule has 0 saturated carbocycles. The number of hydrogen-bond acceptors (Lipinski definition) is 1. The van der Waals surface area contributed by atoms with Crippen molar-refractivity contribution in [3.63, 3.8) is 0 Å². The minimum atomic E-state index is 0.120. The molecule has 1 heterocycles. The van der Waals surface area contributed by atoms with Crippen LogP contribution in [-0.2, 0) is 12.0 Å². The molecule has 2 rings (SSSR count). The summed E-state index contributed by atoms with van der Waals surface area (Å²) in [5.74, 6) is 0.465. The molecule has 0 saturated heterocycles. The van der Waals surface area contributed by atoms with Gasteiger partial charge in [0.1, 0.15) is 0 Å². The molecule has 1 unspecified atom stereocenters. The van der Waals surface area contributed by atoms with Crippen LogP contribution < -0.4 is 5.73 Å². The molecule has 2 heteroatoms. The van der Waals surface area contributed by atoms with Crippen molar-refractivity contribution in [1.29, 1.82) is 0 Å². The molecule has 0 aliphatic heterocycles. The van der Waals surface area contributed by atoms with E-state index in [2.05, 4.69) is 81.9 Å². The van der Waals surface area contributed by atoms with E-state index in [1.54, 1.807) is 0 Å². The van der Waals surface area contributed by atoms with E-state index in [1.807, 2.05) is 0 Å². The Morgan fingerprint density at radius 2 is 1.67 bits per heavy atom. The highest BCUT2D eigenvalue weighted by atomic mass is 14.9. The fraction of sp³-hybridized carbons (Fsp3) is 0.474. The van der Waals surface area contributed by atoms with Gasteiger partial charge in [-0.2, -0.15) is 0 Å². The van der Waals surface area contributed by atoms with E-state index in [4.69, 9.17) is 5.73 Å². The SMILES string of the molecule is CC(C)C(N)c1ccn(Cc2ccc(C(C)(C)C)cc2)c1. The molecule has 1 aromatic heterocycles. The van der Waals surface area contributed by atoms with Gasteiger partial charge in [-0.05, 0) is 34.1 Å². The Morgan fingerprint density at radius 3 is 2.19 bits per heavy atom. The number of benzene rings is 1. The van der Waals surface area contributed by atoms with Gasteiger partial charge >= 0.3 is 0 Å². The third-order valence-electron chi connectivity index (χ3n) is 4.06. The number of rotatable bonds is 4. The smallest absolute Gasteiger partial charge is 0.0470 e. The molecule has 1 aromatic carbocycles. The molecular weight excluding hydrogens is 256 g/mol. The second-order valence-electron chi connectivity index (χ2n) is 7.33. The van der Waals surface area contributed by atoms with Gasteiger partial charge in [0.2, 0.25) is 0 Å². The molecule has 0 fully saturated rings. The van der Waals surface area contributed by atoms with Gasteiger partial charge in [0.05, 0.1) is 0 Å². The monoisotopic (exact) mass is 284 g/mol. The Bertz CT molecular complexity index is 570. The minimum absolute atomic E-state index is 0.120. The fourth-order valence-corrected chi connectivity index (χ4v) is 2.46. The van der Waals surface area contributed by atoms with Gasteiger partial charge in [0.15, 0.2) is 0 Å². The quantitative estimate of drug-likeness (QED) is 0.881. The lowest BCUT2D eigenvalue weighted by atomic mass is 9.87. The molecule has 0 radical (unpaired) electrons. The van der Waals surface area contributed by atoms with Gasteiger partial charge in [-0.25, -0.2) is 0 Å². The van der Waals surface area contributed by atoms with Gasteiger partial charge in [-0.15, -0.1) is 0 Å². The van der Waals surface area contributed by atoms with Crippen molar-refractivity contribution in [3.05, 3.63) is 59.4 Å². The molecular formula is C19H28N2. The first-order valence-corrected chi connectivity index (χ1v) is 7.78. The summed E-state index contributed by atoms with van der Waals surface area (Å²) in [6, 6.07) is 11.2. The Kier molecular flexibility index (Phi) is 4.58. The highest BCUT2D eigenvalue weighted by Gasteiger charge is 2.13. The third-order valence-corrected chi connectivity index (χ3v) is 4.06. The van der Waals surface area contributed by atoms with Crippen LogP contribution in [0, 0.1) is 5.92 Å². The number of aromatic nitrogens is 1. The molecule has 2 nitrogen and oxygen atoms in total. The predicted octanol–water partition coefficient (Wildman–Crippen LogP) is 4.49. The summed E-state index contributed by atoms with van der Waals surface area (Å²) < 4.78 is 2.21. The van der Waals surface area contributed by atoms with E-state index in [9.17, 15) is 0 Å². The van der Waals surface area contributed by atoms with Crippen molar-refractivity contribution in [2.75, 3.05) is 0 Å². The zero-order chi connectivity index (χ0) is 15.6. The Morgan fingerprint density at radius 1 is 1.05 bits per heavy atom. The predicted molar refractivity (Wildman–Crippen MR) is 90.4 cm³/mol. The van der Waals surface area contributed by atoms with E-state index in [1.165, 1.54) is 16.7 Å². The van der Waals surface area contributed by atoms with E-state index >= 15 is 0 Å². The van der Waals surface area contributed by atoms with Crippen molar-refractivity contribution < 1.29 is 0 Å². The second kappa shape index (κ2) is 6.07. The van der Waals surface area contributed by atoms with Crippen LogP contribution in [0.3, 0.4) is 0 Å². The van der Waals surface area contributed by atoms with Crippen LogP contribution >= 0.6 is 0 Å². The molecule has 0 aliphatic rings. The van der Waals surface area contributed by atoms with Crippen LogP contribution in [0.15, 0.2) is 42.7 Å². The Hall–Kier alpha value is -1.54. The van der Waals surface area contributed by atoms with E-state index in [0.29, 0.717) is 5.92 Å². The van der Waals surface area contributed by atoms with E-state index in [-0.39, 0.29) is 11.5 Å². The average Bonchev–Trinajstić information content (AvgIpc) is 2.85. The molecule has 21 heavy (non-hydrogen) atoms. The molecule has 0 aliphatic carbocycles. The summed E-state index contributed by atoms with van der Waals surface area (Å²) in [5, 5.41) is 0. The van der Waals surface area contributed by atoms with Crippen molar-refractivity contribution in [2.45, 2.75) is 52.6 Å². The van der Waals surface area contributed by atoms with Gasteiger partial charge < -0.3 is 10.3 Å². The van der Waals surface area contributed by atoms with Crippen LogP contribution in [0.4, 0.5) is 0 Å². The zero-order valence-corrected chi connectivity index (χ0v) is 13.9. The van der Waals surface area contributed by atoms with E-state index < -0.39 is 0 Å². The average molecular weight is 284 g/mol. The Balaban J connectivity index is 2.09. The fourth-order valence-electron chi connectivity index (χ4n) is 2.46. The molecule has 2 aromatic rings. The molecule has 0 amide bonds. The van der Waals surface area contributed by atoms with E-state index in [0.717, 1.165) is 6.54 Å². The zero-order valence-electron chi connectivity index (χ0n) is 13.9. The normalized spacial score (nSPS) is 13.7. The summed E-state index contributed by atoms with van der Waals surface area (Å²) in [6.45, 7) is 11.9. The van der Waals surface area contributed by atoms with Crippen LogP contribution in [0.5, 0.6) is 0 Å². The van der Waals surface area contributed by atoms with Crippen molar-refractivity contribution in [1.82, 2.24) is 4.57 Å². The van der Waals surface area contributed by atoms with Crippen LogP contribution in [-0.4, -0.2) is 4.57 Å². The number of hydrogen-bond donors (Lipinski definition) is 1. The number of nitrogens with two attached hydrogens (primary N) is 1. The molecule has 0 bridgehead atoms. The second-order valence-corrected chi connectivity index (χ2v) is 7.33. The van der Waals surface area contributed by atoms with Gasteiger partial charge in [-0.1, -0.05) is 58.9 Å². The van der Waals surface area contributed by atoms with Crippen molar-refractivity contribution in [2.24, 2.45) is 11.7 Å². The van der Waals surface area contributed by atoms with Gasteiger partial charge in [0, 0.05) is 25.0 Å². The summed E-state index contributed by atoms with van der Waals surface area (Å²) in [7, 11) is 0. The first kappa shape index (κ1) is 15.8. The largest absolute Gasteiger partial charge is 0.350 e. The summed E-state index contributed by atoms with van der Waals surface area (Å²) in [5.41, 5.74) is 10.3. The molecule has 2 N–H and O–H groups in total. The van der Waals surface area contributed by atoms with Gasteiger partial charge in [0.25, 0.3) is 0 Å². The third kappa shape index (κ3) is 3.98. The van der Waals surface area contributed by atoms with Crippen LogP contribution in [0.2, 0.25) is 0 Å². The minimum Gasteiger partial charge on any atom is -0.350 e. The first-order valence-electron chi connectivity index (χ1n) is 7.78. The standard InChI is InChI=1S/C19H28N2/c1-14(2)18(20)16-10-11-21(13-16)12-15-6-8-17(9-7-15)19(3,4)5/h6-11,13-14,18H,12,20H2,1-5H3.